The van der Waals surface area contributed by atoms with Crippen LogP contribution in [0.1, 0.15) is 24.5 Å². The van der Waals surface area contributed by atoms with Gasteiger partial charge in [-0.05, 0) is 45.4 Å². The minimum absolute atomic E-state index is 0.0974. The van der Waals surface area contributed by atoms with Crippen molar-refractivity contribution in [1.82, 2.24) is 4.90 Å². The minimum Gasteiger partial charge on any atom is -0.481 e. The van der Waals surface area contributed by atoms with E-state index in [1.807, 2.05) is 43.9 Å². The molecule has 1 heterocycles. The molecule has 1 saturated heterocycles. The molecular formula is C16H22N2O3. The maximum Gasteiger partial charge on any atom is 0.308 e. The summed E-state index contributed by atoms with van der Waals surface area (Å²) < 4.78 is 0. The van der Waals surface area contributed by atoms with E-state index in [0.29, 0.717) is 13.0 Å². The minimum atomic E-state index is -0.778. The van der Waals surface area contributed by atoms with Crippen molar-refractivity contribution in [3.8, 4) is 0 Å². The smallest absolute Gasteiger partial charge is 0.308 e. The zero-order valence-corrected chi connectivity index (χ0v) is 12.7. The Morgan fingerprint density at radius 2 is 2.10 bits per heavy atom. The van der Waals surface area contributed by atoms with Crippen molar-refractivity contribution in [2.75, 3.05) is 18.4 Å². The van der Waals surface area contributed by atoms with Gasteiger partial charge in [0.05, 0.1) is 12.5 Å². The lowest BCUT2D eigenvalue weighted by molar-refractivity contribution is -0.142. The Bertz CT molecular complexity index is 556. The van der Waals surface area contributed by atoms with Gasteiger partial charge < -0.3 is 10.4 Å². The average molecular weight is 290 g/mol. The highest BCUT2D eigenvalue weighted by Gasteiger charge is 2.36. The maximum absolute atomic E-state index is 12.1. The molecule has 2 unspecified atom stereocenters. The summed E-state index contributed by atoms with van der Waals surface area (Å²) in [6, 6.07) is 5.78. The normalized spacial score (nSPS) is 22.2. The maximum atomic E-state index is 12.1. The molecule has 1 aliphatic heterocycles. The number of carbonyl (C=O) groups is 2. The van der Waals surface area contributed by atoms with Gasteiger partial charge in [-0.25, -0.2) is 0 Å². The Morgan fingerprint density at radius 3 is 2.67 bits per heavy atom. The third-order valence-electron chi connectivity index (χ3n) is 4.21. The molecule has 1 amide bonds. The van der Waals surface area contributed by atoms with E-state index in [4.69, 9.17) is 5.11 Å². The van der Waals surface area contributed by atoms with Crippen LogP contribution < -0.4 is 5.32 Å². The van der Waals surface area contributed by atoms with Crippen molar-refractivity contribution in [2.24, 2.45) is 5.92 Å². The van der Waals surface area contributed by atoms with Crippen molar-refractivity contribution < 1.29 is 14.7 Å². The number of likely N-dealkylation sites (tertiary alicyclic amines) is 1. The summed E-state index contributed by atoms with van der Waals surface area (Å²) >= 11 is 0. The quantitative estimate of drug-likeness (QED) is 0.890. The molecule has 1 aromatic rings. The van der Waals surface area contributed by atoms with Crippen molar-refractivity contribution in [3.05, 3.63) is 29.3 Å². The summed E-state index contributed by atoms with van der Waals surface area (Å²) in [4.78, 5) is 25.1. The Labute approximate surface area is 125 Å². The van der Waals surface area contributed by atoms with E-state index in [1.54, 1.807) is 0 Å². The zero-order valence-electron chi connectivity index (χ0n) is 12.7. The van der Waals surface area contributed by atoms with Crippen molar-refractivity contribution in [3.63, 3.8) is 0 Å². The number of amides is 1. The number of nitrogens with one attached hydrogen (secondary N) is 1. The molecule has 5 nitrogen and oxygen atoms in total. The van der Waals surface area contributed by atoms with Crippen LogP contribution in [0.5, 0.6) is 0 Å². The van der Waals surface area contributed by atoms with E-state index in [2.05, 4.69) is 5.32 Å². The number of carboxylic acids is 1. The van der Waals surface area contributed by atoms with Crippen LogP contribution in [0.15, 0.2) is 18.2 Å². The number of anilines is 1. The second kappa shape index (κ2) is 6.26. The molecule has 1 fully saturated rings. The molecule has 1 aliphatic rings. The highest BCUT2D eigenvalue weighted by Crippen LogP contribution is 2.24. The lowest BCUT2D eigenvalue weighted by Gasteiger charge is -2.22. The first-order valence-corrected chi connectivity index (χ1v) is 7.22. The Hall–Kier alpha value is -1.88. The van der Waals surface area contributed by atoms with E-state index in [1.165, 1.54) is 0 Å². The van der Waals surface area contributed by atoms with Crippen LogP contribution in [-0.4, -0.2) is 41.0 Å². The number of aryl methyl sites for hydroxylation is 2. The number of aliphatic carboxylic acids is 1. The molecule has 1 aromatic carbocycles. The third-order valence-corrected chi connectivity index (χ3v) is 4.21. The molecule has 114 valence electrons. The summed E-state index contributed by atoms with van der Waals surface area (Å²) in [5.74, 6) is -1.25. The van der Waals surface area contributed by atoms with Crippen LogP contribution in [0.25, 0.3) is 0 Å². The molecule has 2 rings (SSSR count). The van der Waals surface area contributed by atoms with E-state index < -0.39 is 5.97 Å². The predicted octanol–water partition coefficient (Wildman–Crippen LogP) is 2.04. The number of hydrogen-bond donors (Lipinski definition) is 2. The standard InChI is InChI=1S/C16H22N2O3/c1-10-4-5-14(11(2)8-10)17-15(19)9-18-7-6-13(12(18)3)16(20)21/h4-5,8,12-13H,6-7,9H2,1-3H3,(H,17,19)(H,20,21). The second-order valence-electron chi connectivity index (χ2n) is 5.81. The van der Waals surface area contributed by atoms with Gasteiger partial charge in [-0.1, -0.05) is 17.7 Å². The fourth-order valence-electron chi connectivity index (χ4n) is 2.89. The molecule has 0 aliphatic carbocycles. The number of benzene rings is 1. The molecule has 21 heavy (non-hydrogen) atoms. The van der Waals surface area contributed by atoms with Gasteiger partial charge in [0, 0.05) is 11.7 Å². The number of rotatable bonds is 4. The van der Waals surface area contributed by atoms with Crippen LogP contribution >= 0.6 is 0 Å². The number of carboxylic acid groups (broad SMARTS) is 1. The molecule has 0 saturated carbocycles. The molecule has 0 aromatic heterocycles. The van der Waals surface area contributed by atoms with Crippen LogP contribution in [0.3, 0.4) is 0 Å². The van der Waals surface area contributed by atoms with Crippen molar-refractivity contribution in [1.29, 1.82) is 0 Å². The van der Waals surface area contributed by atoms with Gasteiger partial charge in [0.1, 0.15) is 0 Å². The molecule has 0 radical (unpaired) electrons. The third kappa shape index (κ3) is 3.61. The highest BCUT2D eigenvalue weighted by atomic mass is 16.4. The van der Waals surface area contributed by atoms with Gasteiger partial charge >= 0.3 is 5.97 Å². The van der Waals surface area contributed by atoms with Crippen LogP contribution in [0.4, 0.5) is 5.69 Å². The summed E-state index contributed by atoms with van der Waals surface area (Å²) in [6.07, 6.45) is 0.605. The molecule has 5 heteroatoms. The fraction of sp³-hybridized carbons (Fsp3) is 0.500. The van der Waals surface area contributed by atoms with Gasteiger partial charge in [-0.3, -0.25) is 14.5 Å². The second-order valence-corrected chi connectivity index (χ2v) is 5.81. The van der Waals surface area contributed by atoms with Gasteiger partial charge in [-0.2, -0.15) is 0 Å². The Morgan fingerprint density at radius 1 is 1.38 bits per heavy atom. The van der Waals surface area contributed by atoms with Crippen molar-refractivity contribution in [2.45, 2.75) is 33.2 Å². The molecule has 2 N–H and O–H groups in total. The zero-order chi connectivity index (χ0) is 15.6. The monoisotopic (exact) mass is 290 g/mol. The van der Waals surface area contributed by atoms with Gasteiger partial charge in [-0.15, -0.1) is 0 Å². The number of hydrogen-bond acceptors (Lipinski definition) is 3. The molecular weight excluding hydrogens is 268 g/mol. The summed E-state index contributed by atoms with van der Waals surface area (Å²) in [5, 5.41) is 12.0. The topological polar surface area (TPSA) is 69.6 Å². The van der Waals surface area contributed by atoms with Gasteiger partial charge in [0.25, 0.3) is 0 Å². The lowest BCUT2D eigenvalue weighted by atomic mass is 10.0. The van der Waals surface area contributed by atoms with Crippen LogP contribution in [0, 0.1) is 19.8 Å². The Balaban J connectivity index is 1.95. The number of carbonyl (C=O) groups excluding carboxylic acids is 1. The van der Waals surface area contributed by atoms with Crippen molar-refractivity contribution >= 4 is 17.6 Å². The van der Waals surface area contributed by atoms with Gasteiger partial charge in [0.15, 0.2) is 0 Å². The van der Waals surface area contributed by atoms with Crippen LogP contribution in [0.2, 0.25) is 0 Å². The molecule has 2 atom stereocenters. The summed E-state index contributed by atoms with van der Waals surface area (Å²) in [5.41, 5.74) is 3.00. The van der Waals surface area contributed by atoms with E-state index in [-0.39, 0.29) is 24.4 Å². The summed E-state index contributed by atoms with van der Waals surface area (Å²) in [6.45, 7) is 6.73. The predicted molar refractivity (Wildman–Crippen MR) is 81.3 cm³/mol. The van der Waals surface area contributed by atoms with Gasteiger partial charge in [0.2, 0.25) is 5.91 Å². The van der Waals surface area contributed by atoms with Crippen LogP contribution in [-0.2, 0) is 9.59 Å². The first-order chi connectivity index (χ1) is 9.88. The highest BCUT2D eigenvalue weighted by molar-refractivity contribution is 5.93. The first-order valence-electron chi connectivity index (χ1n) is 7.22. The molecule has 0 bridgehead atoms. The number of nitrogens with zero attached hydrogens (tertiary/aromatic N) is 1. The Kier molecular flexibility index (Phi) is 4.63. The van der Waals surface area contributed by atoms with E-state index in [9.17, 15) is 9.59 Å². The average Bonchev–Trinajstić information content (AvgIpc) is 2.74. The first kappa shape index (κ1) is 15.5. The van der Waals surface area contributed by atoms with E-state index in [0.717, 1.165) is 16.8 Å². The molecule has 0 spiro atoms. The SMILES string of the molecule is Cc1ccc(NC(=O)CN2CCC(C(=O)O)C2C)c(C)c1. The summed E-state index contributed by atoms with van der Waals surface area (Å²) in [7, 11) is 0. The largest absolute Gasteiger partial charge is 0.481 e. The lowest BCUT2D eigenvalue weighted by Crippen LogP contribution is -2.38. The van der Waals surface area contributed by atoms with E-state index >= 15 is 0 Å². The fourth-order valence-corrected chi connectivity index (χ4v) is 2.89.